The quantitative estimate of drug-likeness (QED) is 0.823. The summed E-state index contributed by atoms with van der Waals surface area (Å²) in [4.78, 5) is 18.9. The highest BCUT2D eigenvalue weighted by Gasteiger charge is 2.17. The molecule has 1 unspecified atom stereocenters. The van der Waals surface area contributed by atoms with Crippen LogP contribution >= 0.6 is 0 Å². The largest absolute Gasteiger partial charge is 0.444 e. The van der Waals surface area contributed by atoms with Crippen molar-refractivity contribution < 1.29 is 14.6 Å². The van der Waals surface area contributed by atoms with Gasteiger partial charge in [-0.05, 0) is 26.8 Å². The van der Waals surface area contributed by atoms with E-state index in [0.29, 0.717) is 5.69 Å². The van der Waals surface area contributed by atoms with Crippen LogP contribution < -0.4 is 5.32 Å². The number of ether oxygens (including phenoxy) is 1. The van der Waals surface area contributed by atoms with E-state index in [0.717, 1.165) is 0 Å². The fourth-order valence-corrected chi connectivity index (χ4v) is 1.10. The van der Waals surface area contributed by atoms with Gasteiger partial charge in [-0.2, -0.15) is 0 Å². The molecule has 0 fully saturated rings. The number of rotatable bonds is 3. The summed E-state index contributed by atoms with van der Waals surface area (Å²) in [5.74, 6) is 0. The molecular formula is C11H17N3O3. The molecule has 0 spiro atoms. The van der Waals surface area contributed by atoms with Gasteiger partial charge in [-0.3, -0.25) is 0 Å². The Labute approximate surface area is 100 Å². The lowest BCUT2D eigenvalue weighted by Gasteiger charge is -2.20. The Morgan fingerprint density at radius 2 is 2.29 bits per heavy atom. The van der Waals surface area contributed by atoms with Crippen molar-refractivity contribution in [2.24, 2.45) is 0 Å². The number of hydrogen-bond donors (Lipinski definition) is 2. The number of amides is 1. The summed E-state index contributed by atoms with van der Waals surface area (Å²) in [5.41, 5.74) is -0.0970. The average molecular weight is 239 g/mol. The van der Waals surface area contributed by atoms with E-state index in [2.05, 4.69) is 15.3 Å². The molecule has 1 aromatic rings. The van der Waals surface area contributed by atoms with Gasteiger partial charge >= 0.3 is 6.09 Å². The second kappa shape index (κ2) is 5.58. The van der Waals surface area contributed by atoms with Gasteiger partial charge in [-0.25, -0.2) is 14.8 Å². The van der Waals surface area contributed by atoms with Crippen LogP contribution in [0, 0.1) is 0 Å². The van der Waals surface area contributed by atoms with Crippen molar-refractivity contribution >= 4 is 6.09 Å². The first-order valence-electron chi connectivity index (χ1n) is 5.29. The maximum absolute atomic E-state index is 11.3. The molecule has 1 atom stereocenters. The fourth-order valence-electron chi connectivity index (χ4n) is 1.10. The highest BCUT2D eigenvalue weighted by atomic mass is 16.6. The minimum Gasteiger partial charge on any atom is -0.444 e. The van der Waals surface area contributed by atoms with Gasteiger partial charge in [0.1, 0.15) is 18.0 Å². The third kappa shape index (κ3) is 5.26. The molecule has 17 heavy (non-hydrogen) atoms. The molecule has 1 rings (SSSR count). The minimum atomic E-state index is -0.870. The Kier molecular flexibility index (Phi) is 4.39. The second-order valence-electron chi connectivity index (χ2n) is 4.53. The van der Waals surface area contributed by atoms with E-state index in [-0.39, 0.29) is 6.54 Å². The molecule has 6 nitrogen and oxygen atoms in total. The molecule has 0 aliphatic rings. The minimum absolute atomic E-state index is 0.0475. The molecule has 0 bridgehead atoms. The predicted octanol–water partition coefficient (Wildman–Crippen LogP) is 1.03. The van der Waals surface area contributed by atoms with Crippen LogP contribution in [-0.4, -0.2) is 33.3 Å². The number of alkyl carbamates (subject to hydrolysis) is 1. The summed E-state index contributed by atoms with van der Waals surface area (Å²) in [6.07, 6.45) is 1.43. The standard InChI is InChI=1S/C11H17N3O3/c1-11(2,3)17-10(16)13-6-9(15)8-4-5-12-7-14-8/h4-5,7,9,15H,6H2,1-3H3,(H,13,16). The summed E-state index contributed by atoms with van der Waals surface area (Å²) in [7, 11) is 0. The van der Waals surface area contributed by atoms with E-state index in [4.69, 9.17) is 4.74 Å². The average Bonchev–Trinajstić information content (AvgIpc) is 2.25. The third-order valence-corrected chi connectivity index (χ3v) is 1.78. The summed E-state index contributed by atoms with van der Waals surface area (Å²) in [6, 6.07) is 1.58. The summed E-state index contributed by atoms with van der Waals surface area (Å²) < 4.78 is 5.03. The number of hydrogen-bond acceptors (Lipinski definition) is 5. The first-order chi connectivity index (χ1) is 7.88. The van der Waals surface area contributed by atoms with E-state index in [9.17, 15) is 9.90 Å². The van der Waals surface area contributed by atoms with Gasteiger partial charge in [0.05, 0.1) is 12.2 Å². The Balaban J connectivity index is 2.39. The summed E-state index contributed by atoms with van der Waals surface area (Å²) in [5, 5.41) is 12.2. The van der Waals surface area contributed by atoms with Crippen LogP contribution in [0.4, 0.5) is 4.79 Å². The highest BCUT2D eigenvalue weighted by molar-refractivity contribution is 5.67. The Morgan fingerprint density at radius 3 is 2.82 bits per heavy atom. The van der Waals surface area contributed by atoms with Crippen molar-refractivity contribution in [2.75, 3.05) is 6.54 Å². The van der Waals surface area contributed by atoms with E-state index in [1.165, 1.54) is 12.5 Å². The van der Waals surface area contributed by atoms with Crippen molar-refractivity contribution in [2.45, 2.75) is 32.5 Å². The van der Waals surface area contributed by atoms with Crippen molar-refractivity contribution in [3.8, 4) is 0 Å². The van der Waals surface area contributed by atoms with Crippen LogP contribution in [-0.2, 0) is 4.74 Å². The summed E-state index contributed by atoms with van der Waals surface area (Å²) >= 11 is 0. The molecular weight excluding hydrogens is 222 g/mol. The monoisotopic (exact) mass is 239 g/mol. The van der Waals surface area contributed by atoms with Crippen LogP contribution in [0.15, 0.2) is 18.6 Å². The predicted molar refractivity (Wildman–Crippen MR) is 61.2 cm³/mol. The highest BCUT2D eigenvalue weighted by Crippen LogP contribution is 2.08. The lowest BCUT2D eigenvalue weighted by Crippen LogP contribution is -2.34. The molecule has 0 saturated carbocycles. The zero-order valence-electron chi connectivity index (χ0n) is 10.2. The zero-order chi connectivity index (χ0) is 12.9. The second-order valence-corrected chi connectivity index (χ2v) is 4.53. The van der Waals surface area contributed by atoms with E-state index in [1.807, 2.05) is 0 Å². The van der Waals surface area contributed by atoms with Gasteiger partial charge in [0, 0.05) is 6.20 Å². The van der Waals surface area contributed by atoms with Crippen molar-refractivity contribution in [3.63, 3.8) is 0 Å². The van der Waals surface area contributed by atoms with Gasteiger partial charge in [0.15, 0.2) is 0 Å². The lowest BCUT2D eigenvalue weighted by atomic mass is 10.2. The molecule has 6 heteroatoms. The Bertz CT molecular complexity index is 362. The lowest BCUT2D eigenvalue weighted by molar-refractivity contribution is 0.0490. The molecule has 0 aromatic carbocycles. The molecule has 2 N–H and O–H groups in total. The SMILES string of the molecule is CC(C)(C)OC(=O)NCC(O)c1ccncn1. The van der Waals surface area contributed by atoms with Gasteiger partial charge < -0.3 is 15.2 Å². The van der Waals surface area contributed by atoms with Crippen molar-refractivity contribution in [1.82, 2.24) is 15.3 Å². The Morgan fingerprint density at radius 1 is 1.59 bits per heavy atom. The number of aromatic nitrogens is 2. The van der Waals surface area contributed by atoms with Gasteiger partial charge in [-0.1, -0.05) is 0 Å². The molecule has 1 aromatic heterocycles. The van der Waals surface area contributed by atoms with Crippen LogP contribution in [0.3, 0.4) is 0 Å². The van der Waals surface area contributed by atoms with E-state index >= 15 is 0 Å². The molecule has 94 valence electrons. The smallest absolute Gasteiger partial charge is 0.407 e. The summed E-state index contributed by atoms with van der Waals surface area (Å²) in [6.45, 7) is 5.36. The Hall–Kier alpha value is -1.69. The van der Waals surface area contributed by atoms with Crippen LogP contribution in [0.5, 0.6) is 0 Å². The van der Waals surface area contributed by atoms with Gasteiger partial charge in [0.25, 0.3) is 0 Å². The van der Waals surface area contributed by atoms with Crippen LogP contribution in [0.25, 0.3) is 0 Å². The molecule has 0 saturated heterocycles. The van der Waals surface area contributed by atoms with Gasteiger partial charge in [0.2, 0.25) is 0 Å². The maximum atomic E-state index is 11.3. The topological polar surface area (TPSA) is 84.3 Å². The first kappa shape index (κ1) is 13.4. The van der Waals surface area contributed by atoms with Crippen LogP contribution in [0.2, 0.25) is 0 Å². The van der Waals surface area contributed by atoms with E-state index in [1.54, 1.807) is 26.8 Å². The number of aliphatic hydroxyl groups is 1. The molecule has 1 heterocycles. The van der Waals surface area contributed by atoms with Gasteiger partial charge in [-0.15, -0.1) is 0 Å². The normalized spacial score (nSPS) is 12.9. The maximum Gasteiger partial charge on any atom is 0.407 e. The number of carbonyl (C=O) groups is 1. The number of carbonyl (C=O) groups excluding carboxylic acids is 1. The first-order valence-corrected chi connectivity index (χ1v) is 5.29. The molecule has 0 aliphatic carbocycles. The fraction of sp³-hybridized carbons (Fsp3) is 0.545. The van der Waals surface area contributed by atoms with Crippen LogP contribution in [0.1, 0.15) is 32.6 Å². The van der Waals surface area contributed by atoms with Crippen molar-refractivity contribution in [1.29, 1.82) is 0 Å². The zero-order valence-corrected chi connectivity index (χ0v) is 10.2. The molecule has 1 amide bonds. The van der Waals surface area contributed by atoms with E-state index < -0.39 is 17.8 Å². The number of nitrogens with zero attached hydrogens (tertiary/aromatic N) is 2. The number of nitrogens with one attached hydrogen (secondary N) is 1. The third-order valence-electron chi connectivity index (χ3n) is 1.78. The number of aliphatic hydroxyl groups excluding tert-OH is 1. The molecule has 0 radical (unpaired) electrons. The van der Waals surface area contributed by atoms with Crippen molar-refractivity contribution in [3.05, 3.63) is 24.3 Å². The molecule has 0 aliphatic heterocycles.